The van der Waals surface area contributed by atoms with Crippen LogP contribution in [0.15, 0.2) is 0 Å². The number of amides is 1. The summed E-state index contributed by atoms with van der Waals surface area (Å²) in [6, 6.07) is 0. The summed E-state index contributed by atoms with van der Waals surface area (Å²) < 4.78 is 1.74. The fourth-order valence-corrected chi connectivity index (χ4v) is 1.24. The van der Waals surface area contributed by atoms with Crippen molar-refractivity contribution in [2.45, 2.75) is 6.10 Å². The van der Waals surface area contributed by atoms with Gasteiger partial charge in [-0.15, -0.1) is 4.72 Å². The Kier molecular flexibility index (Phi) is 4.80. The Morgan fingerprint density at radius 2 is 2.00 bits per heavy atom. The minimum Gasteiger partial charge on any atom is -0.393 e. The van der Waals surface area contributed by atoms with E-state index in [-0.39, 0.29) is 11.1 Å². The van der Waals surface area contributed by atoms with Gasteiger partial charge in [-0.3, -0.25) is 19.5 Å². The van der Waals surface area contributed by atoms with Gasteiger partial charge in [0.2, 0.25) is 0 Å². The zero-order chi connectivity index (χ0) is 9.78. The third-order valence-corrected chi connectivity index (χ3v) is 2.29. The maximum Gasteiger partial charge on any atom is 0.549 e. The minimum absolute atomic E-state index is 0.00750. The third-order valence-electron chi connectivity index (χ3n) is 0.744. The van der Waals surface area contributed by atoms with Gasteiger partial charge in [-0.2, -0.15) is 0 Å². The van der Waals surface area contributed by atoms with Crippen LogP contribution >= 0.6 is 6.72 Å². The monoisotopic (exact) mass is 218 g/mol. The molecule has 0 aliphatic rings. The predicted octanol–water partition coefficient (Wildman–Crippen LogP) is -2.89. The van der Waals surface area contributed by atoms with Crippen LogP contribution in [0.2, 0.25) is 0 Å². The molecule has 0 aromatic heterocycles. The molecule has 12 heavy (non-hydrogen) atoms. The molecule has 0 radical (unpaired) electrons. The number of carbonyl (C=O) groups is 1. The van der Waals surface area contributed by atoms with Crippen LogP contribution in [-0.4, -0.2) is 43.5 Å². The zero-order valence-electron chi connectivity index (χ0n) is 5.78. The average molecular weight is 218 g/mol. The molecule has 0 heterocycles. The Morgan fingerprint density at radius 3 is 2.33 bits per heavy atom. The molecule has 1 amide bonds. The molecular formula is C3H9NO6PS+. The van der Waals surface area contributed by atoms with Crippen LogP contribution < -0.4 is 4.72 Å². The largest absolute Gasteiger partial charge is 0.549 e. The van der Waals surface area contributed by atoms with E-state index in [1.807, 2.05) is 0 Å². The lowest BCUT2D eigenvalue weighted by molar-refractivity contribution is -0.129. The molecule has 0 saturated carbocycles. The van der Waals surface area contributed by atoms with E-state index in [0.717, 1.165) is 0 Å². The van der Waals surface area contributed by atoms with E-state index in [2.05, 4.69) is 0 Å². The highest BCUT2D eigenvalue weighted by Crippen LogP contribution is 2.29. The molecule has 0 aromatic carbocycles. The summed E-state index contributed by atoms with van der Waals surface area (Å²) in [4.78, 5) is 35.6. The zero-order valence-corrected chi connectivity index (χ0v) is 7.50. The fraction of sp³-hybridized carbons (Fsp3) is 0.667. The molecule has 0 spiro atoms. The molecule has 0 aliphatic carbocycles. The van der Waals surface area contributed by atoms with Crippen molar-refractivity contribution < 1.29 is 29.7 Å². The van der Waals surface area contributed by atoms with Crippen LogP contribution in [0.4, 0.5) is 0 Å². The van der Waals surface area contributed by atoms with Crippen molar-refractivity contribution in [1.29, 1.82) is 0 Å². The molecule has 0 aliphatic heterocycles. The van der Waals surface area contributed by atoms with Crippen LogP contribution in [0.25, 0.3) is 0 Å². The van der Waals surface area contributed by atoms with Crippen molar-refractivity contribution in [3.63, 3.8) is 0 Å². The van der Waals surface area contributed by atoms with Gasteiger partial charge < -0.3 is 10.2 Å². The first-order valence-corrected chi connectivity index (χ1v) is 5.78. The van der Waals surface area contributed by atoms with Crippen LogP contribution in [0, 0.1) is 0 Å². The second-order valence-corrected chi connectivity index (χ2v) is 5.20. The van der Waals surface area contributed by atoms with Gasteiger partial charge in [0.25, 0.3) is 5.91 Å². The molecule has 9 heteroatoms. The van der Waals surface area contributed by atoms with Gasteiger partial charge in [0.1, 0.15) is 0 Å². The molecule has 6 N–H and O–H groups in total. The van der Waals surface area contributed by atoms with Crippen molar-refractivity contribution >= 4 is 23.8 Å². The van der Waals surface area contributed by atoms with Crippen LogP contribution in [0.3, 0.4) is 0 Å². The molecule has 0 fully saturated rings. The summed E-state index contributed by atoms with van der Waals surface area (Å²) in [5.74, 6) is -1.01. The van der Waals surface area contributed by atoms with Crippen LogP contribution in [0.5, 0.6) is 0 Å². The highest BCUT2D eigenvalue weighted by atomic mass is 32.5. The number of aliphatic hydroxyl groups excluding tert-OH is 2. The molecule has 0 saturated heterocycles. The van der Waals surface area contributed by atoms with Gasteiger partial charge in [0.15, 0.2) is 6.10 Å². The summed E-state index contributed by atoms with van der Waals surface area (Å²) in [5.41, 5.74) is 0. The predicted molar refractivity (Wildman–Crippen MR) is 42.2 cm³/mol. The van der Waals surface area contributed by atoms with E-state index in [1.54, 1.807) is 4.72 Å². The van der Waals surface area contributed by atoms with E-state index < -0.39 is 25.3 Å². The Bertz CT molecular complexity index is 205. The molecule has 0 bridgehead atoms. The highest BCUT2D eigenvalue weighted by Gasteiger charge is 2.25. The van der Waals surface area contributed by atoms with Crippen molar-refractivity contribution in [3.05, 3.63) is 0 Å². The standard InChI is InChI=1S/C3H8NO6PS/c5-1-2(6)3(7)4-12-11(8,9)10/h2,5-6H,1H2,(H3-,4,7,8,9,10)/p+1. The van der Waals surface area contributed by atoms with Crippen LogP contribution in [0.1, 0.15) is 0 Å². The number of rotatable bonds is 3. The van der Waals surface area contributed by atoms with E-state index in [9.17, 15) is 4.79 Å². The maximum absolute atomic E-state index is 10.6. The van der Waals surface area contributed by atoms with Crippen LogP contribution in [-0.2, 0) is 15.9 Å². The van der Waals surface area contributed by atoms with Crippen molar-refractivity contribution in [2.24, 2.45) is 0 Å². The number of carbonyl (C=O) groups excluding carboxylic acids is 1. The number of nitrogens with one attached hydrogen (secondary N) is 1. The molecular weight excluding hydrogens is 209 g/mol. The summed E-state index contributed by atoms with van der Waals surface area (Å²) in [6.07, 6.45) is -1.64. The number of hydrogen-bond acceptors (Lipinski definition) is 3. The Morgan fingerprint density at radius 1 is 1.50 bits per heavy atom. The minimum atomic E-state index is -4.13. The molecule has 7 nitrogen and oxygen atoms in total. The quantitative estimate of drug-likeness (QED) is 0.171. The first-order chi connectivity index (χ1) is 5.37. The first-order valence-electron chi connectivity index (χ1n) is 2.71. The molecule has 1 atom stereocenters. The first kappa shape index (κ1) is 11.9. The normalized spacial score (nSPS) is 13.8. The van der Waals surface area contributed by atoms with E-state index >= 15 is 0 Å². The van der Waals surface area contributed by atoms with Gasteiger partial charge in [-0.05, 0) is 0 Å². The Labute approximate surface area is 71.6 Å². The lowest BCUT2D eigenvalue weighted by Crippen LogP contribution is -2.34. The topological polar surface area (TPSA) is 130 Å². The fourth-order valence-electron chi connectivity index (χ4n) is 0.257. The van der Waals surface area contributed by atoms with Crippen molar-refractivity contribution in [2.75, 3.05) is 6.61 Å². The van der Waals surface area contributed by atoms with Gasteiger partial charge in [-0.25, -0.2) is 0 Å². The van der Waals surface area contributed by atoms with Gasteiger partial charge in [0, 0.05) is 0 Å². The summed E-state index contributed by atoms with van der Waals surface area (Å²) in [7, 11) is 0. The molecule has 0 rings (SSSR count). The second-order valence-electron chi connectivity index (χ2n) is 1.77. The Balaban J connectivity index is 4.04. The van der Waals surface area contributed by atoms with E-state index in [4.69, 9.17) is 24.9 Å². The van der Waals surface area contributed by atoms with Gasteiger partial charge in [0.05, 0.1) is 6.61 Å². The van der Waals surface area contributed by atoms with Crippen molar-refractivity contribution in [1.82, 2.24) is 4.72 Å². The van der Waals surface area contributed by atoms with E-state index in [0.29, 0.717) is 0 Å². The van der Waals surface area contributed by atoms with Gasteiger partial charge in [-0.1, -0.05) is 0 Å². The maximum atomic E-state index is 10.6. The smallest absolute Gasteiger partial charge is 0.393 e. The Hall–Kier alpha value is -0.0800. The molecule has 1 unspecified atom stereocenters. The summed E-state index contributed by atoms with van der Waals surface area (Å²) in [5, 5.41) is 16.9. The lowest BCUT2D eigenvalue weighted by atomic mass is 10.4. The number of hydrogen-bond donors (Lipinski definition) is 6. The molecule has 72 valence electrons. The summed E-state index contributed by atoms with van der Waals surface area (Å²) >= 11 is -0.00750. The lowest BCUT2D eigenvalue weighted by Gasteiger charge is -1.98. The van der Waals surface area contributed by atoms with E-state index in [1.165, 1.54) is 0 Å². The van der Waals surface area contributed by atoms with Gasteiger partial charge >= 0.3 is 17.8 Å². The second kappa shape index (κ2) is 4.83. The molecule has 0 aromatic rings. The highest BCUT2D eigenvalue weighted by molar-refractivity contribution is 8.15. The summed E-state index contributed by atoms with van der Waals surface area (Å²) in [6.45, 7) is -4.91. The van der Waals surface area contributed by atoms with Crippen molar-refractivity contribution in [3.8, 4) is 0 Å². The third kappa shape index (κ3) is 5.56. The average Bonchev–Trinajstić information content (AvgIpc) is 1.97. The number of aliphatic hydroxyl groups is 2. The SMILES string of the molecule is O=C(N[S+]=P(O)(O)O)C(O)CO.